The third kappa shape index (κ3) is 3.43. The Hall–Kier alpha value is -2.24. The van der Waals surface area contributed by atoms with Crippen molar-refractivity contribution in [2.45, 2.75) is 25.7 Å². The molecule has 25 heavy (non-hydrogen) atoms. The maximum atomic E-state index is 12.5. The molecule has 2 saturated carbocycles. The van der Waals surface area contributed by atoms with Crippen molar-refractivity contribution in [1.82, 2.24) is 5.32 Å². The molecule has 3 rings (SSSR count). The molecule has 2 N–H and O–H groups in total. The first-order valence-electron chi connectivity index (χ1n) is 8.76. The van der Waals surface area contributed by atoms with Crippen LogP contribution in [0, 0.1) is 23.7 Å². The Labute approximate surface area is 147 Å². The van der Waals surface area contributed by atoms with Crippen LogP contribution >= 0.6 is 0 Å². The Bertz CT molecular complexity index is 659. The minimum atomic E-state index is -0.827. The van der Waals surface area contributed by atoms with Crippen LogP contribution in [-0.2, 0) is 16.0 Å². The second kappa shape index (κ2) is 7.33. The van der Waals surface area contributed by atoms with Crippen molar-refractivity contribution in [3.63, 3.8) is 0 Å². The Morgan fingerprint density at radius 1 is 1.12 bits per heavy atom. The van der Waals surface area contributed by atoms with Gasteiger partial charge in [-0.2, -0.15) is 0 Å². The Morgan fingerprint density at radius 2 is 1.80 bits per heavy atom. The summed E-state index contributed by atoms with van der Waals surface area (Å²) >= 11 is 0. The molecule has 6 nitrogen and oxygen atoms in total. The molecule has 1 aromatic rings. The van der Waals surface area contributed by atoms with Crippen LogP contribution in [0.4, 0.5) is 0 Å². The molecule has 1 aromatic carbocycles. The molecule has 1 amide bonds. The zero-order chi connectivity index (χ0) is 18.0. The molecule has 0 aliphatic heterocycles. The lowest BCUT2D eigenvalue weighted by Gasteiger charge is -2.27. The number of rotatable bonds is 7. The molecule has 0 radical (unpaired) electrons. The van der Waals surface area contributed by atoms with Crippen molar-refractivity contribution in [3.8, 4) is 11.5 Å². The molecule has 0 aromatic heterocycles. The number of nitrogens with one attached hydrogen (secondary N) is 1. The first-order valence-corrected chi connectivity index (χ1v) is 8.76. The number of aliphatic carboxylic acids is 1. The van der Waals surface area contributed by atoms with Gasteiger partial charge >= 0.3 is 5.97 Å². The van der Waals surface area contributed by atoms with Gasteiger partial charge in [0.05, 0.1) is 26.1 Å². The van der Waals surface area contributed by atoms with Gasteiger partial charge in [0.1, 0.15) is 0 Å². The van der Waals surface area contributed by atoms with Crippen molar-refractivity contribution >= 4 is 11.9 Å². The maximum Gasteiger partial charge on any atom is 0.307 e. The fraction of sp³-hybridized carbons (Fsp3) is 0.579. The Balaban J connectivity index is 1.57. The lowest BCUT2D eigenvalue weighted by Crippen LogP contribution is -2.41. The van der Waals surface area contributed by atoms with E-state index >= 15 is 0 Å². The van der Waals surface area contributed by atoms with Crippen molar-refractivity contribution in [2.75, 3.05) is 20.8 Å². The molecule has 0 heterocycles. The first kappa shape index (κ1) is 17.6. The topological polar surface area (TPSA) is 84.9 Å². The van der Waals surface area contributed by atoms with Gasteiger partial charge in [0.25, 0.3) is 0 Å². The van der Waals surface area contributed by atoms with Crippen molar-refractivity contribution in [2.24, 2.45) is 23.7 Å². The Kier molecular flexibility index (Phi) is 5.16. The molecule has 0 spiro atoms. The van der Waals surface area contributed by atoms with Gasteiger partial charge in [-0.25, -0.2) is 0 Å². The predicted molar refractivity (Wildman–Crippen MR) is 91.7 cm³/mol. The van der Waals surface area contributed by atoms with Gasteiger partial charge in [-0.1, -0.05) is 6.07 Å². The van der Waals surface area contributed by atoms with Gasteiger partial charge in [0.15, 0.2) is 11.5 Å². The van der Waals surface area contributed by atoms with Crippen molar-refractivity contribution in [3.05, 3.63) is 23.8 Å². The second-order valence-corrected chi connectivity index (χ2v) is 6.95. The molecular formula is C19H25NO5. The molecule has 4 atom stereocenters. The zero-order valence-corrected chi connectivity index (χ0v) is 14.7. The number of ether oxygens (including phenoxy) is 2. The summed E-state index contributed by atoms with van der Waals surface area (Å²) < 4.78 is 10.5. The minimum absolute atomic E-state index is 0.111. The highest BCUT2D eigenvalue weighted by molar-refractivity contribution is 5.86. The van der Waals surface area contributed by atoms with E-state index < -0.39 is 11.9 Å². The standard InChI is InChI=1S/C19H25NO5/c1-24-14-6-3-11(9-15(14)25-2)7-8-20-18(21)16-12-4-5-13(10-12)17(16)19(22)23/h3,6,9,12-13,16-17H,4-5,7-8,10H2,1-2H3,(H,20,21)(H,22,23)/t12-,13-,16+,17+/m0/s1. The number of hydrogen-bond acceptors (Lipinski definition) is 4. The molecule has 2 bridgehead atoms. The molecule has 136 valence electrons. The van der Waals surface area contributed by atoms with E-state index in [-0.39, 0.29) is 23.7 Å². The largest absolute Gasteiger partial charge is 0.493 e. The van der Waals surface area contributed by atoms with E-state index in [0.29, 0.717) is 24.5 Å². The van der Waals surface area contributed by atoms with Crippen LogP contribution in [0.3, 0.4) is 0 Å². The van der Waals surface area contributed by atoms with Gasteiger partial charge in [0.2, 0.25) is 5.91 Å². The normalized spacial score (nSPS) is 27.1. The number of methoxy groups -OCH3 is 2. The fourth-order valence-corrected chi connectivity index (χ4v) is 4.51. The van der Waals surface area contributed by atoms with Gasteiger partial charge in [-0.15, -0.1) is 0 Å². The average molecular weight is 347 g/mol. The molecule has 2 aliphatic carbocycles. The number of hydrogen-bond donors (Lipinski definition) is 2. The molecule has 0 saturated heterocycles. The average Bonchev–Trinajstić information content (AvgIpc) is 3.22. The summed E-state index contributed by atoms with van der Waals surface area (Å²) in [6, 6.07) is 5.67. The van der Waals surface area contributed by atoms with Crippen LogP contribution < -0.4 is 14.8 Å². The molecule has 2 aliphatic rings. The zero-order valence-electron chi connectivity index (χ0n) is 14.7. The van der Waals surface area contributed by atoms with E-state index in [9.17, 15) is 14.7 Å². The molecule has 6 heteroatoms. The maximum absolute atomic E-state index is 12.5. The number of amides is 1. The predicted octanol–water partition coefficient (Wildman–Crippen LogP) is 2.11. The Morgan fingerprint density at radius 3 is 2.44 bits per heavy atom. The highest BCUT2D eigenvalue weighted by Gasteiger charge is 2.53. The third-order valence-electron chi connectivity index (χ3n) is 5.67. The first-order chi connectivity index (χ1) is 12.0. The molecular weight excluding hydrogens is 322 g/mol. The van der Waals surface area contributed by atoms with Crippen LogP contribution in [0.25, 0.3) is 0 Å². The number of fused-ring (bicyclic) bond motifs is 2. The minimum Gasteiger partial charge on any atom is -0.493 e. The third-order valence-corrected chi connectivity index (χ3v) is 5.67. The van der Waals surface area contributed by atoms with E-state index in [2.05, 4.69) is 5.32 Å². The molecule has 0 unspecified atom stereocenters. The summed E-state index contributed by atoms with van der Waals surface area (Å²) in [5.41, 5.74) is 1.03. The number of benzene rings is 1. The quantitative estimate of drug-likeness (QED) is 0.789. The van der Waals surface area contributed by atoms with Crippen LogP contribution in [0.15, 0.2) is 18.2 Å². The highest BCUT2D eigenvalue weighted by atomic mass is 16.5. The summed E-state index contributed by atoms with van der Waals surface area (Å²) in [6.07, 6.45) is 3.45. The van der Waals surface area contributed by atoms with Crippen LogP contribution in [0.5, 0.6) is 11.5 Å². The van der Waals surface area contributed by atoms with E-state index in [0.717, 1.165) is 24.8 Å². The summed E-state index contributed by atoms with van der Waals surface area (Å²) in [6.45, 7) is 0.481. The second-order valence-electron chi connectivity index (χ2n) is 6.95. The number of carbonyl (C=O) groups is 2. The fourth-order valence-electron chi connectivity index (χ4n) is 4.51. The summed E-state index contributed by atoms with van der Waals surface area (Å²) in [5.74, 6) is -0.1000. The van der Waals surface area contributed by atoms with E-state index in [4.69, 9.17) is 9.47 Å². The number of carboxylic acids is 1. The lowest BCUT2D eigenvalue weighted by atomic mass is 9.78. The SMILES string of the molecule is COc1ccc(CCNC(=O)[C@@H]2[C@H]3CC[C@@H](C3)[C@H]2C(=O)O)cc1OC. The number of carboxylic acid groups (broad SMARTS) is 1. The van der Waals surface area contributed by atoms with Crippen LogP contribution in [0.2, 0.25) is 0 Å². The van der Waals surface area contributed by atoms with Crippen molar-refractivity contribution in [1.29, 1.82) is 0 Å². The van der Waals surface area contributed by atoms with Gasteiger partial charge < -0.3 is 19.9 Å². The van der Waals surface area contributed by atoms with Crippen LogP contribution in [0.1, 0.15) is 24.8 Å². The van der Waals surface area contributed by atoms with Gasteiger partial charge in [-0.3, -0.25) is 9.59 Å². The summed E-state index contributed by atoms with van der Waals surface area (Å²) in [5, 5.41) is 12.4. The lowest BCUT2D eigenvalue weighted by molar-refractivity contribution is -0.149. The summed E-state index contributed by atoms with van der Waals surface area (Å²) in [4.78, 5) is 24.1. The van der Waals surface area contributed by atoms with Crippen molar-refractivity contribution < 1.29 is 24.2 Å². The molecule has 2 fully saturated rings. The van der Waals surface area contributed by atoms with Crippen LogP contribution in [-0.4, -0.2) is 37.7 Å². The van der Waals surface area contributed by atoms with Gasteiger partial charge in [-0.05, 0) is 55.2 Å². The van der Waals surface area contributed by atoms with Gasteiger partial charge in [0, 0.05) is 6.54 Å². The summed E-state index contributed by atoms with van der Waals surface area (Å²) in [7, 11) is 3.18. The smallest absolute Gasteiger partial charge is 0.307 e. The highest BCUT2D eigenvalue weighted by Crippen LogP contribution is 2.52. The monoisotopic (exact) mass is 347 g/mol. The van der Waals surface area contributed by atoms with E-state index in [1.54, 1.807) is 14.2 Å². The van der Waals surface area contributed by atoms with E-state index in [1.807, 2.05) is 18.2 Å². The van der Waals surface area contributed by atoms with E-state index in [1.165, 1.54) is 0 Å². The number of carbonyl (C=O) groups excluding carboxylic acids is 1.